The first kappa shape index (κ1) is 17.6. The molecule has 2 amide bonds. The zero-order chi connectivity index (χ0) is 17.6. The monoisotopic (exact) mass is 346 g/mol. The maximum Gasteiger partial charge on any atom is 0.260 e. The second-order valence-electron chi connectivity index (χ2n) is 6.57. The fourth-order valence-electron chi connectivity index (χ4n) is 2.91. The third kappa shape index (κ3) is 4.87. The Bertz CT molecular complexity index is 622. The highest BCUT2D eigenvalue weighted by atomic mass is 16.5. The molecule has 0 aromatic heterocycles. The molecule has 1 aromatic rings. The van der Waals surface area contributed by atoms with Crippen LogP contribution < -0.4 is 14.8 Å². The SMILES string of the molecule is CCOc1cc(C(=O)NC2CC2)ccc1OCC(=O)N1CCCCC1. The Hall–Kier alpha value is -2.24. The van der Waals surface area contributed by atoms with Crippen molar-refractivity contribution in [3.8, 4) is 11.5 Å². The minimum atomic E-state index is -0.0978. The van der Waals surface area contributed by atoms with E-state index >= 15 is 0 Å². The molecular formula is C19H26N2O4. The molecule has 2 aliphatic rings. The van der Waals surface area contributed by atoms with E-state index in [2.05, 4.69) is 5.32 Å². The first-order valence-electron chi connectivity index (χ1n) is 9.15. The predicted molar refractivity (Wildman–Crippen MR) is 94.0 cm³/mol. The average molecular weight is 346 g/mol. The molecule has 1 aromatic carbocycles. The van der Waals surface area contributed by atoms with Crippen LogP contribution in [0.15, 0.2) is 18.2 Å². The zero-order valence-corrected chi connectivity index (χ0v) is 14.8. The quantitative estimate of drug-likeness (QED) is 0.823. The Morgan fingerprint density at radius 1 is 1.12 bits per heavy atom. The number of rotatable bonds is 7. The molecule has 1 saturated heterocycles. The molecule has 1 saturated carbocycles. The van der Waals surface area contributed by atoms with E-state index in [0.29, 0.717) is 29.7 Å². The molecule has 136 valence electrons. The largest absolute Gasteiger partial charge is 0.490 e. The molecule has 25 heavy (non-hydrogen) atoms. The van der Waals surface area contributed by atoms with Gasteiger partial charge in [0.05, 0.1) is 6.61 Å². The fraction of sp³-hybridized carbons (Fsp3) is 0.579. The molecule has 0 bridgehead atoms. The molecule has 0 unspecified atom stereocenters. The van der Waals surface area contributed by atoms with E-state index in [1.807, 2.05) is 11.8 Å². The van der Waals surface area contributed by atoms with Crippen molar-refractivity contribution in [2.45, 2.75) is 45.1 Å². The number of ether oxygens (including phenoxy) is 2. The van der Waals surface area contributed by atoms with E-state index in [9.17, 15) is 9.59 Å². The van der Waals surface area contributed by atoms with E-state index < -0.39 is 0 Å². The van der Waals surface area contributed by atoms with Crippen molar-refractivity contribution in [1.29, 1.82) is 0 Å². The Morgan fingerprint density at radius 3 is 2.56 bits per heavy atom. The van der Waals surface area contributed by atoms with Crippen molar-refractivity contribution in [3.05, 3.63) is 23.8 Å². The van der Waals surface area contributed by atoms with Gasteiger partial charge in [0.15, 0.2) is 18.1 Å². The summed E-state index contributed by atoms with van der Waals surface area (Å²) in [5.41, 5.74) is 0.546. The van der Waals surface area contributed by atoms with Gasteiger partial charge in [-0.3, -0.25) is 9.59 Å². The highest BCUT2D eigenvalue weighted by Crippen LogP contribution is 2.29. The van der Waals surface area contributed by atoms with E-state index in [1.165, 1.54) is 6.42 Å². The van der Waals surface area contributed by atoms with Gasteiger partial charge in [-0.05, 0) is 57.2 Å². The van der Waals surface area contributed by atoms with Crippen LogP contribution in [-0.4, -0.2) is 49.1 Å². The van der Waals surface area contributed by atoms with Gasteiger partial charge in [0.2, 0.25) is 0 Å². The van der Waals surface area contributed by atoms with Crippen LogP contribution in [0.2, 0.25) is 0 Å². The lowest BCUT2D eigenvalue weighted by Crippen LogP contribution is -2.38. The van der Waals surface area contributed by atoms with Gasteiger partial charge in [-0.25, -0.2) is 0 Å². The molecule has 0 atom stereocenters. The van der Waals surface area contributed by atoms with Crippen molar-refractivity contribution in [2.24, 2.45) is 0 Å². The zero-order valence-electron chi connectivity index (χ0n) is 14.8. The summed E-state index contributed by atoms with van der Waals surface area (Å²) in [6, 6.07) is 5.40. The highest BCUT2D eigenvalue weighted by Gasteiger charge is 2.24. The van der Waals surface area contributed by atoms with Crippen molar-refractivity contribution >= 4 is 11.8 Å². The summed E-state index contributed by atoms with van der Waals surface area (Å²) in [4.78, 5) is 26.3. The molecule has 3 rings (SSSR count). The molecule has 1 N–H and O–H groups in total. The van der Waals surface area contributed by atoms with Gasteiger partial charge in [-0.15, -0.1) is 0 Å². The number of piperidine rings is 1. The first-order chi connectivity index (χ1) is 12.2. The molecule has 6 heteroatoms. The normalized spacial score (nSPS) is 17.1. The van der Waals surface area contributed by atoms with E-state index in [4.69, 9.17) is 9.47 Å². The summed E-state index contributed by atoms with van der Waals surface area (Å²) in [7, 11) is 0. The van der Waals surface area contributed by atoms with Gasteiger partial charge in [0, 0.05) is 24.7 Å². The predicted octanol–water partition coefficient (Wildman–Crippen LogP) is 2.37. The van der Waals surface area contributed by atoms with Crippen LogP contribution in [0.1, 0.15) is 49.4 Å². The van der Waals surface area contributed by atoms with E-state index in [0.717, 1.165) is 38.8 Å². The van der Waals surface area contributed by atoms with Crippen molar-refractivity contribution in [3.63, 3.8) is 0 Å². The lowest BCUT2D eigenvalue weighted by Gasteiger charge is -2.26. The third-order valence-electron chi connectivity index (χ3n) is 4.48. The molecule has 6 nitrogen and oxygen atoms in total. The van der Waals surface area contributed by atoms with Crippen LogP contribution in [0, 0.1) is 0 Å². The number of likely N-dealkylation sites (tertiary alicyclic amines) is 1. The second kappa shape index (κ2) is 8.23. The number of carbonyl (C=O) groups excluding carboxylic acids is 2. The Morgan fingerprint density at radius 2 is 1.88 bits per heavy atom. The smallest absolute Gasteiger partial charge is 0.260 e. The number of nitrogens with zero attached hydrogens (tertiary/aromatic N) is 1. The standard InChI is InChI=1S/C19H26N2O4/c1-2-24-17-12-14(19(23)20-15-7-8-15)6-9-16(17)25-13-18(22)21-10-4-3-5-11-21/h6,9,12,15H,2-5,7-8,10-11,13H2,1H3,(H,20,23). The van der Waals surface area contributed by atoms with Gasteiger partial charge >= 0.3 is 0 Å². The van der Waals surface area contributed by atoms with Crippen LogP contribution in [0.5, 0.6) is 11.5 Å². The lowest BCUT2D eigenvalue weighted by atomic mass is 10.1. The van der Waals surface area contributed by atoms with Crippen LogP contribution in [0.4, 0.5) is 0 Å². The molecule has 0 spiro atoms. The van der Waals surface area contributed by atoms with Gasteiger partial charge in [0.25, 0.3) is 11.8 Å². The maximum absolute atomic E-state index is 12.2. The number of hydrogen-bond acceptors (Lipinski definition) is 4. The fourth-order valence-corrected chi connectivity index (χ4v) is 2.91. The van der Waals surface area contributed by atoms with Gasteiger partial charge in [-0.1, -0.05) is 0 Å². The Balaban J connectivity index is 1.62. The van der Waals surface area contributed by atoms with Crippen LogP contribution in [0.25, 0.3) is 0 Å². The lowest BCUT2D eigenvalue weighted by molar-refractivity contribution is -0.134. The first-order valence-corrected chi connectivity index (χ1v) is 9.15. The minimum Gasteiger partial charge on any atom is -0.490 e. The van der Waals surface area contributed by atoms with Crippen LogP contribution in [0.3, 0.4) is 0 Å². The minimum absolute atomic E-state index is 0.00213. The molecular weight excluding hydrogens is 320 g/mol. The van der Waals surface area contributed by atoms with Crippen molar-refractivity contribution < 1.29 is 19.1 Å². The number of carbonyl (C=O) groups is 2. The molecule has 1 heterocycles. The number of amides is 2. The maximum atomic E-state index is 12.2. The summed E-state index contributed by atoms with van der Waals surface area (Å²) < 4.78 is 11.3. The summed E-state index contributed by atoms with van der Waals surface area (Å²) in [6.45, 7) is 3.94. The summed E-state index contributed by atoms with van der Waals surface area (Å²) in [5.74, 6) is 0.893. The van der Waals surface area contributed by atoms with Gasteiger partial charge in [-0.2, -0.15) is 0 Å². The van der Waals surface area contributed by atoms with E-state index in [1.54, 1.807) is 18.2 Å². The van der Waals surface area contributed by atoms with E-state index in [-0.39, 0.29) is 18.4 Å². The Kier molecular flexibility index (Phi) is 5.79. The summed E-state index contributed by atoms with van der Waals surface area (Å²) in [6.07, 6.45) is 5.39. The molecule has 1 aliphatic carbocycles. The Labute approximate surface area is 148 Å². The van der Waals surface area contributed by atoms with Crippen molar-refractivity contribution in [2.75, 3.05) is 26.3 Å². The second-order valence-corrected chi connectivity index (χ2v) is 6.57. The molecule has 0 radical (unpaired) electrons. The molecule has 1 aliphatic heterocycles. The van der Waals surface area contributed by atoms with Crippen molar-refractivity contribution in [1.82, 2.24) is 10.2 Å². The van der Waals surface area contributed by atoms with Gasteiger partial charge < -0.3 is 19.7 Å². The number of nitrogens with one attached hydrogen (secondary N) is 1. The average Bonchev–Trinajstić information content (AvgIpc) is 3.45. The van der Waals surface area contributed by atoms with Gasteiger partial charge in [0.1, 0.15) is 0 Å². The summed E-state index contributed by atoms with van der Waals surface area (Å²) >= 11 is 0. The molecule has 2 fully saturated rings. The number of benzene rings is 1. The summed E-state index contributed by atoms with van der Waals surface area (Å²) in [5, 5.41) is 2.96. The topological polar surface area (TPSA) is 67.9 Å². The van der Waals surface area contributed by atoms with Crippen LogP contribution in [-0.2, 0) is 4.79 Å². The highest BCUT2D eigenvalue weighted by molar-refractivity contribution is 5.95. The van der Waals surface area contributed by atoms with Crippen LogP contribution >= 0.6 is 0 Å². The third-order valence-corrected chi connectivity index (χ3v) is 4.48. The number of hydrogen-bond donors (Lipinski definition) is 1.